The van der Waals surface area contributed by atoms with Gasteiger partial charge in [0.25, 0.3) is 0 Å². The first-order chi connectivity index (χ1) is 11.3. The van der Waals surface area contributed by atoms with Gasteiger partial charge in [-0.1, -0.05) is 29.1 Å². The molecular weight excluding hydrogens is 312 g/mol. The molecule has 118 valence electrons. The minimum Gasteiger partial charge on any atom is -0.496 e. The minimum absolute atomic E-state index is 0.545. The van der Waals surface area contributed by atoms with Crippen molar-refractivity contribution in [2.45, 2.75) is 29.8 Å². The van der Waals surface area contributed by atoms with Crippen molar-refractivity contribution in [1.82, 2.24) is 19.7 Å². The molecule has 2 aromatic heterocycles. The Bertz CT molecular complexity index is 810. The van der Waals surface area contributed by atoms with Gasteiger partial charge in [0.05, 0.1) is 18.4 Å². The number of thioether (sulfide) groups is 1. The highest BCUT2D eigenvalue weighted by molar-refractivity contribution is 7.98. The summed E-state index contributed by atoms with van der Waals surface area (Å²) in [6, 6.07) is 8.26. The molecule has 0 atom stereocenters. The smallest absolute Gasteiger partial charge is 0.237 e. The molecule has 1 saturated carbocycles. The standard InChI is InChI=1S/C16H16N4O2S/c1-21-13-5-3-2-4-12(13)15-18-14(22-19-15)10-23-16-17-8-9-20(16)11-6-7-11/h2-5,8-9,11H,6-7,10H2,1H3. The molecule has 4 rings (SSSR count). The molecule has 1 aromatic carbocycles. The fraction of sp³-hybridized carbons (Fsp3) is 0.312. The summed E-state index contributed by atoms with van der Waals surface area (Å²) in [4.78, 5) is 8.86. The van der Waals surface area contributed by atoms with Crippen LogP contribution in [0, 0.1) is 0 Å². The molecule has 7 heteroatoms. The van der Waals surface area contributed by atoms with Crippen molar-refractivity contribution >= 4 is 11.8 Å². The summed E-state index contributed by atoms with van der Waals surface area (Å²) in [5, 5.41) is 5.06. The molecule has 0 radical (unpaired) electrons. The number of methoxy groups -OCH3 is 1. The van der Waals surface area contributed by atoms with Crippen molar-refractivity contribution in [2.75, 3.05) is 7.11 Å². The summed E-state index contributed by atoms with van der Waals surface area (Å²) < 4.78 is 12.9. The SMILES string of the molecule is COc1ccccc1-c1noc(CSc2nccn2C2CC2)n1. The maximum atomic E-state index is 5.36. The van der Waals surface area contributed by atoms with Gasteiger partial charge in [-0.2, -0.15) is 4.98 Å². The molecule has 0 bridgehead atoms. The van der Waals surface area contributed by atoms with Crippen LogP contribution in [0.15, 0.2) is 46.3 Å². The summed E-state index contributed by atoms with van der Waals surface area (Å²) in [6.07, 6.45) is 6.35. The van der Waals surface area contributed by atoms with Gasteiger partial charge >= 0.3 is 0 Å². The molecule has 2 heterocycles. The molecule has 0 unspecified atom stereocenters. The highest BCUT2D eigenvalue weighted by Crippen LogP contribution is 2.38. The normalized spacial score (nSPS) is 14.1. The average Bonchev–Trinajstić information content (AvgIpc) is 3.14. The van der Waals surface area contributed by atoms with Crippen LogP contribution < -0.4 is 4.74 Å². The van der Waals surface area contributed by atoms with Gasteiger partial charge in [0.2, 0.25) is 11.7 Å². The van der Waals surface area contributed by atoms with Crippen molar-refractivity contribution in [3.05, 3.63) is 42.5 Å². The molecule has 0 aliphatic heterocycles. The van der Waals surface area contributed by atoms with E-state index in [4.69, 9.17) is 9.26 Å². The second-order valence-corrected chi connectivity index (χ2v) is 6.29. The van der Waals surface area contributed by atoms with Crippen molar-refractivity contribution in [2.24, 2.45) is 0 Å². The zero-order valence-corrected chi connectivity index (χ0v) is 13.5. The number of hydrogen-bond donors (Lipinski definition) is 0. The number of hydrogen-bond acceptors (Lipinski definition) is 6. The van der Waals surface area contributed by atoms with Gasteiger partial charge in [-0.3, -0.25) is 0 Å². The Hall–Kier alpha value is -2.28. The molecule has 3 aromatic rings. The molecule has 6 nitrogen and oxygen atoms in total. The lowest BCUT2D eigenvalue weighted by Gasteiger charge is -2.03. The number of imidazole rings is 1. The van der Waals surface area contributed by atoms with E-state index in [0.717, 1.165) is 16.5 Å². The molecule has 1 fully saturated rings. The van der Waals surface area contributed by atoms with Gasteiger partial charge in [0, 0.05) is 18.4 Å². The molecule has 0 saturated heterocycles. The molecular formula is C16H16N4O2S. The Morgan fingerprint density at radius 1 is 1.35 bits per heavy atom. The number of rotatable bonds is 6. The van der Waals surface area contributed by atoms with Gasteiger partial charge in [-0.25, -0.2) is 4.98 Å². The van der Waals surface area contributed by atoms with E-state index < -0.39 is 0 Å². The van der Waals surface area contributed by atoms with Crippen LogP contribution in [0.25, 0.3) is 11.4 Å². The van der Waals surface area contributed by atoms with Crippen LogP contribution >= 0.6 is 11.8 Å². The third-order valence-electron chi connectivity index (χ3n) is 3.71. The maximum absolute atomic E-state index is 5.36. The van der Waals surface area contributed by atoms with E-state index in [1.807, 2.05) is 36.7 Å². The Labute approximate surface area is 137 Å². The highest BCUT2D eigenvalue weighted by Gasteiger charge is 2.25. The molecule has 23 heavy (non-hydrogen) atoms. The fourth-order valence-corrected chi connectivity index (χ4v) is 3.28. The van der Waals surface area contributed by atoms with Crippen molar-refractivity contribution in [3.63, 3.8) is 0 Å². The number of nitrogens with zero attached hydrogens (tertiary/aromatic N) is 4. The topological polar surface area (TPSA) is 66.0 Å². The summed E-state index contributed by atoms with van der Waals surface area (Å²) in [6.45, 7) is 0. The largest absolute Gasteiger partial charge is 0.496 e. The lowest BCUT2D eigenvalue weighted by molar-refractivity contribution is 0.390. The number of para-hydroxylation sites is 1. The predicted molar refractivity (Wildman–Crippen MR) is 86.3 cm³/mol. The van der Waals surface area contributed by atoms with E-state index in [0.29, 0.717) is 23.5 Å². The van der Waals surface area contributed by atoms with E-state index in [-0.39, 0.29) is 0 Å². The maximum Gasteiger partial charge on any atom is 0.237 e. The first kappa shape index (κ1) is 14.3. The monoisotopic (exact) mass is 328 g/mol. The third kappa shape index (κ3) is 2.96. The zero-order valence-electron chi connectivity index (χ0n) is 12.7. The van der Waals surface area contributed by atoms with Gasteiger partial charge in [-0.05, 0) is 25.0 Å². The van der Waals surface area contributed by atoms with E-state index in [1.54, 1.807) is 18.9 Å². The van der Waals surface area contributed by atoms with E-state index >= 15 is 0 Å². The van der Waals surface area contributed by atoms with Gasteiger partial charge in [0.1, 0.15) is 5.75 Å². The van der Waals surface area contributed by atoms with E-state index in [1.165, 1.54) is 12.8 Å². The lowest BCUT2D eigenvalue weighted by atomic mass is 10.2. The number of ether oxygens (including phenoxy) is 1. The molecule has 0 amide bonds. The van der Waals surface area contributed by atoms with Crippen LogP contribution in [0.5, 0.6) is 5.75 Å². The summed E-state index contributed by atoms with van der Waals surface area (Å²) >= 11 is 1.62. The highest BCUT2D eigenvalue weighted by atomic mass is 32.2. The van der Waals surface area contributed by atoms with E-state index in [9.17, 15) is 0 Å². The van der Waals surface area contributed by atoms with Crippen LogP contribution in [-0.2, 0) is 5.75 Å². The Morgan fingerprint density at radius 2 is 2.22 bits per heavy atom. The molecule has 1 aliphatic rings. The first-order valence-electron chi connectivity index (χ1n) is 7.47. The minimum atomic E-state index is 0.545. The second kappa shape index (κ2) is 6.08. The molecule has 0 N–H and O–H groups in total. The van der Waals surface area contributed by atoms with Crippen molar-refractivity contribution in [3.8, 4) is 17.1 Å². The van der Waals surface area contributed by atoms with Crippen LogP contribution in [0.3, 0.4) is 0 Å². The third-order valence-corrected chi connectivity index (χ3v) is 4.68. The fourth-order valence-electron chi connectivity index (χ4n) is 2.42. The van der Waals surface area contributed by atoms with Gasteiger partial charge in [0.15, 0.2) is 5.16 Å². The van der Waals surface area contributed by atoms with Crippen molar-refractivity contribution in [1.29, 1.82) is 0 Å². The van der Waals surface area contributed by atoms with Gasteiger partial charge < -0.3 is 13.8 Å². The van der Waals surface area contributed by atoms with Crippen molar-refractivity contribution < 1.29 is 9.26 Å². The summed E-state index contributed by atoms with van der Waals surface area (Å²) in [5.74, 6) is 2.47. The Morgan fingerprint density at radius 3 is 3.04 bits per heavy atom. The number of benzene rings is 1. The number of aromatic nitrogens is 4. The zero-order chi connectivity index (χ0) is 15.6. The van der Waals surface area contributed by atoms with Crippen LogP contribution in [0.2, 0.25) is 0 Å². The Balaban J connectivity index is 1.49. The molecule has 0 spiro atoms. The Kier molecular flexibility index (Phi) is 3.78. The summed E-state index contributed by atoms with van der Waals surface area (Å²) in [5.41, 5.74) is 0.828. The van der Waals surface area contributed by atoms with Crippen LogP contribution in [-0.4, -0.2) is 26.8 Å². The first-order valence-corrected chi connectivity index (χ1v) is 8.45. The predicted octanol–water partition coefficient (Wildman–Crippen LogP) is 3.57. The average molecular weight is 328 g/mol. The van der Waals surface area contributed by atoms with Crippen LogP contribution in [0.4, 0.5) is 0 Å². The van der Waals surface area contributed by atoms with Gasteiger partial charge in [-0.15, -0.1) is 0 Å². The lowest BCUT2D eigenvalue weighted by Crippen LogP contribution is -1.94. The van der Waals surface area contributed by atoms with Crippen LogP contribution in [0.1, 0.15) is 24.8 Å². The second-order valence-electron chi connectivity index (χ2n) is 5.35. The quantitative estimate of drug-likeness (QED) is 0.645. The molecule has 1 aliphatic carbocycles. The summed E-state index contributed by atoms with van der Waals surface area (Å²) in [7, 11) is 1.63. The van der Waals surface area contributed by atoms with E-state index in [2.05, 4.69) is 19.7 Å².